The third-order valence-corrected chi connectivity index (χ3v) is 4.83. The summed E-state index contributed by atoms with van der Waals surface area (Å²) < 4.78 is 0. The summed E-state index contributed by atoms with van der Waals surface area (Å²) >= 11 is 6.51. The van der Waals surface area contributed by atoms with Crippen LogP contribution in [0, 0.1) is 0 Å². The second kappa shape index (κ2) is 6.31. The van der Waals surface area contributed by atoms with Crippen LogP contribution < -0.4 is 0 Å². The van der Waals surface area contributed by atoms with E-state index in [1.807, 2.05) is 24.4 Å². The highest BCUT2D eigenvalue weighted by atomic mass is 35.5. The zero-order valence-electron chi connectivity index (χ0n) is 13.0. The SMILES string of the molecule is Clc1ccc2cccnc2c1CN(Cc1ccccc1)C1CC1. The first-order valence-electron chi connectivity index (χ1n) is 8.11. The highest BCUT2D eigenvalue weighted by molar-refractivity contribution is 6.32. The van der Waals surface area contributed by atoms with Crippen LogP contribution in [0.3, 0.4) is 0 Å². The first kappa shape index (κ1) is 14.7. The minimum Gasteiger partial charge on any atom is -0.292 e. The number of rotatable bonds is 5. The number of aromatic nitrogens is 1. The third-order valence-electron chi connectivity index (χ3n) is 4.48. The molecule has 116 valence electrons. The van der Waals surface area contributed by atoms with Crippen LogP contribution in [0.15, 0.2) is 60.8 Å². The summed E-state index contributed by atoms with van der Waals surface area (Å²) in [7, 11) is 0. The molecule has 1 fully saturated rings. The summed E-state index contributed by atoms with van der Waals surface area (Å²) in [6, 6.07) is 19.4. The number of fused-ring (bicyclic) bond motifs is 1. The van der Waals surface area contributed by atoms with Crippen molar-refractivity contribution >= 4 is 22.5 Å². The van der Waals surface area contributed by atoms with Crippen LogP contribution in [0.25, 0.3) is 10.9 Å². The molecule has 0 atom stereocenters. The molecule has 0 spiro atoms. The van der Waals surface area contributed by atoms with Crippen molar-refractivity contribution in [3.8, 4) is 0 Å². The van der Waals surface area contributed by atoms with Gasteiger partial charge in [0.05, 0.1) is 5.52 Å². The van der Waals surface area contributed by atoms with Gasteiger partial charge in [-0.3, -0.25) is 9.88 Å². The maximum absolute atomic E-state index is 6.51. The largest absolute Gasteiger partial charge is 0.292 e. The van der Waals surface area contributed by atoms with E-state index in [-0.39, 0.29) is 0 Å². The molecule has 0 bridgehead atoms. The van der Waals surface area contributed by atoms with Crippen LogP contribution in [0.5, 0.6) is 0 Å². The molecule has 23 heavy (non-hydrogen) atoms. The molecule has 1 aromatic heterocycles. The molecule has 1 aliphatic rings. The smallest absolute Gasteiger partial charge is 0.0761 e. The first-order valence-corrected chi connectivity index (χ1v) is 8.49. The molecule has 1 heterocycles. The number of hydrogen-bond acceptors (Lipinski definition) is 2. The standard InChI is InChI=1S/C20H19ClN2/c21-19-11-8-16-7-4-12-22-20(16)18(19)14-23(17-9-10-17)13-15-5-2-1-3-6-15/h1-8,11-12,17H,9-10,13-14H2. The van der Waals surface area contributed by atoms with Gasteiger partial charge in [-0.2, -0.15) is 0 Å². The van der Waals surface area contributed by atoms with Gasteiger partial charge in [-0.05, 0) is 30.5 Å². The molecule has 1 aliphatic carbocycles. The number of benzene rings is 2. The molecule has 4 rings (SSSR count). The van der Waals surface area contributed by atoms with Crippen molar-refractivity contribution in [2.24, 2.45) is 0 Å². The van der Waals surface area contributed by atoms with Crippen molar-refractivity contribution in [1.29, 1.82) is 0 Å². The zero-order valence-corrected chi connectivity index (χ0v) is 13.7. The van der Waals surface area contributed by atoms with E-state index in [0.717, 1.165) is 34.6 Å². The second-order valence-corrected chi connectivity index (χ2v) is 6.63. The van der Waals surface area contributed by atoms with E-state index in [4.69, 9.17) is 11.6 Å². The molecule has 0 radical (unpaired) electrons. The summed E-state index contributed by atoms with van der Waals surface area (Å²) in [5.41, 5.74) is 3.52. The molecule has 1 saturated carbocycles. The average molecular weight is 323 g/mol. The number of hydrogen-bond donors (Lipinski definition) is 0. The first-order chi connectivity index (χ1) is 11.3. The Balaban J connectivity index is 1.66. The Morgan fingerprint density at radius 2 is 1.78 bits per heavy atom. The topological polar surface area (TPSA) is 16.1 Å². The van der Waals surface area contributed by atoms with Crippen molar-refractivity contribution < 1.29 is 0 Å². The van der Waals surface area contributed by atoms with Crippen molar-refractivity contribution in [2.75, 3.05) is 0 Å². The molecule has 2 aromatic carbocycles. The van der Waals surface area contributed by atoms with E-state index in [1.165, 1.54) is 18.4 Å². The predicted molar refractivity (Wildman–Crippen MR) is 95.5 cm³/mol. The Bertz CT molecular complexity index is 812. The summed E-state index contributed by atoms with van der Waals surface area (Å²) in [5.74, 6) is 0. The fourth-order valence-electron chi connectivity index (χ4n) is 3.11. The Labute approximate surface area is 141 Å². The van der Waals surface area contributed by atoms with Crippen LogP contribution in [-0.4, -0.2) is 15.9 Å². The van der Waals surface area contributed by atoms with E-state index in [2.05, 4.69) is 46.3 Å². The van der Waals surface area contributed by atoms with Gasteiger partial charge in [0.2, 0.25) is 0 Å². The van der Waals surface area contributed by atoms with E-state index in [1.54, 1.807) is 0 Å². The summed E-state index contributed by atoms with van der Waals surface area (Å²) in [6.07, 6.45) is 4.41. The van der Waals surface area contributed by atoms with Gasteiger partial charge in [0.25, 0.3) is 0 Å². The lowest BCUT2D eigenvalue weighted by Crippen LogP contribution is -2.25. The van der Waals surface area contributed by atoms with Crippen LogP contribution in [-0.2, 0) is 13.1 Å². The normalized spacial score (nSPS) is 14.5. The molecule has 3 aromatic rings. The lowest BCUT2D eigenvalue weighted by atomic mass is 10.1. The van der Waals surface area contributed by atoms with Gasteiger partial charge in [-0.1, -0.05) is 54.1 Å². The molecule has 0 amide bonds. The van der Waals surface area contributed by atoms with E-state index < -0.39 is 0 Å². The fraction of sp³-hybridized carbons (Fsp3) is 0.250. The maximum atomic E-state index is 6.51. The van der Waals surface area contributed by atoms with Gasteiger partial charge in [0.1, 0.15) is 0 Å². The Morgan fingerprint density at radius 3 is 2.57 bits per heavy atom. The van der Waals surface area contributed by atoms with Crippen molar-refractivity contribution in [1.82, 2.24) is 9.88 Å². The Hall–Kier alpha value is -1.90. The summed E-state index contributed by atoms with van der Waals surface area (Å²) in [6.45, 7) is 1.82. The van der Waals surface area contributed by atoms with Crippen molar-refractivity contribution in [3.05, 3.63) is 76.9 Å². The molecule has 3 heteroatoms. The minimum absolute atomic E-state index is 0.672. The van der Waals surface area contributed by atoms with Crippen LogP contribution in [0.4, 0.5) is 0 Å². The number of nitrogens with zero attached hydrogens (tertiary/aromatic N) is 2. The Kier molecular flexibility index (Phi) is 4.02. The summed E-state index contributed by atoms with van der Waals surface area (Å²) in [4.78, 5) is 7.10. The second-order valence-electron chi connectivity index (χ2n) is 6.22. The lowest BCUT2D eigenvalue weighted by Gasteiger charge is -2.23. The van der Waals surface area contributed by atoms with Gasteiger partial charge < -0.3 is 0 Å². The fourth-order valence-corrected chi connectivity index (χ4v) is 3.32. The molecule has 2 nitrogen and oxygen atoms in total. The van der Waals surface area contributed by atoms with E-state index >= 15 is 0 Å². The maximum Gasteiger partial charge on any atom is 0.0761 e. The Morgan fingerprint density at radius 1 is 0.957 bits per heavy atom. The average Bonchev–Trinajstić information content (AvgIpc) is 3.42. The monoisotopic (exact) mass is 322 g/mol. The van der Waals surface area contributed by atoms with Gasteiger partial charge in [-0.15, -0.1) is 0 Å². The van der Waals surface area contributed by atoms with E-state index in [0.29, 0.717) is 6.04 Å². The molecule has 0 aliphatic heterocycles. The van der Waals surface area contributed by atoms with Crippen LogP contribution >= 0.6 is 11.6 Å². The quantitative estimate of drug-likeness (QED) is 0.653. The van der Waals surface area contributed by atoms with Gasteiger partial charge in [0.15, 0.2) is 0 Å². The molecule has 0 saturated heterocycles. The van der Waals surface area contributed by atoms with E-state index in [9.17, 15) is 0 Å². The number of pyridine rings is 1. The van der Waals surface area contributed by atoms with Crippen LogP contribution in [0.2, 0.25) is 5.02 Å². The van der Waals surface area contributed by atoms with Crippen LogP contribution in [0.1, 0.15) is 24.0 Å². The molecule has 0 N–H and O–H groups in total. The number of halogens is 1. The van der Waals surface area contributed by atoms with Crippen molar-refractivity contribution in [2.45, 2.75) is 32.0 Å². The summed E-state index contributed by atoms with van der Waals surface area (Å²) in [5, 5.41) is 1.97. The third kappa shape index (κ3) is 3.24. The van der Waals surface area contributed by atoms with Gasteiger partial charge in [0, 0.05) is 41.3 Å². The van der Waals surface area contributed by atoms with Gasteiger partial charge in [-0.25, -0.2) is 0 Å². The van der Waals surface area contributed by atoms with Crippen molar-refractivity contribution in [3.63, 3.8) is 0 Å². The molecular weight excluding hydrogens is 304 g/mol. The van der Waals surface area contributed by atoms with Gasteiger partial charge >= 0.3 is 0 Å². The zero-order chi connectivity index (χ0) is 15.6. The molecule has 0 unspecified atom stereocenters. The minimum atomic E-state index is 0.672. The lowest BCUT2D eigenvalue weighted by molar-refractivity contribution is 0.246. The highest BCUT2D eigenvalue weighted by Gasteiger charge is 2.29. The predicted octanol–water partition coefficient (Wildman–Crippen LogP) is 5.05. The highest BCUT2D eigenvalue weighted by Crippen LogP contribution is 2.33. The molecular formula is C20H19ClN2.